The van der Waals surface area contributed by atoms with E-state index in [4.69, 9.17) is 0 Å². The van der Waals surface area contributed by atoms with Crippen molar-refractivity contribution < 1.29 is 18.8 Å². The van der Waals surface area contributed by atoms with Crippen molar-refractivity contribution in [2.45, 2.75) is 108 Å². The Hall–Kier alpha value is -3.11. The molecule has 49 heavy (non-hydrogen) atoms. The Bertz CT molecular complexity index is 1510. The summed E-state index contributed by atoms with van der Waals surface area (Å²) in [5, 5.41) is 2.24. The number of likely N-dealkylation sites (tertiary alicyclic amines) is 2. The van der Waals surface area contributed by atoms with Gasteiger partial charge in [-0.15, -0.1) is 11.8 Å². The maximum atomic E-state index is 15.8. The molecular weight excluding hydrogens is 638 g/mol. The third-order valence-electron chi connectivity index (χ3n) is 11.0. The van der Waals surface area contributed by atoms with Crippen molar-refractivity contribution in [3.63, 3.8) is 0 Å². The summed E-state index contributed by atoms with van der Waals surface area (Å²) in [6.45, 7) is 15.1. The molecule has 2 aromatic rings. The molecule has 0 spiro atoms. The lowest BCUT2D eigenvalue weighted by Crippen LogP contribution is -2.50. The zero-order valence-corrected chi connectivity index (χ0v) is 30.7. The first kappa shape index (κ1) is 35.7. The molecule has 2 atom stereocenters. The van der Waals surface area contributed by atoms with Gasteiger partial charge in [0.25, 0.3) is 0 Å². The Labute approximate surface area is 296 Å². The zero-order chi connectivity index (χ0) is 34.9. The lowest BCUT2D eigenvalue weighted by molar-refractivity contribution is -0.137. The molecule has 10 heteroatoms. The Morgan fingerprint density at radius 1 is 0.959 bits per heavy atom. The van der Waals surface area contributed by atoms with Crippen LogP contribution in [0.15, 0.2) is 42.5 Å². The molecule has 266 valence electrons. The highest BCUT2D eigenvalue weighted by Crippen LogP contribution is 2.48. The number of carbonyl (C=O) groups excluding carboxylic acids is 3. The highest BCUT2D eigenvalue weighted by molar-refractivity contribution is 8.01. The fourth-order valence-electron chi connectivity index (χ4n) is 8.00. The largest absolute Gasteiger partial charge is 0.342 e. The predicted molar refractivity (Wildman–Crippen MR) is 195 cm³/mol. The van der Waals surface area contributed by atoms with Gasteiger partial charge in [-0.1, -0.05) is 51.1 Å². The number of nitrogens with one attached hydrogen (secondary N) is 1. The number of nitrogens with zero attached hydrogens (tertiary/aromatic N) is 4. The summed E-state index contributed by atoms with van der Waals surface area (Å²) in [5.74, 6) is -0.121. The van der Waals surface area contributed by atoms with Crippen molar-refractivity contribution in [1.82, 2.24) is 19.6 Å². The van der Waals surface area contributed by atoms with Crippen molar-refractivity contribution in [2.24, 2.45) is 5.41 Å². The van der Waals surface area contributed by atoms with Crippen LogP contribution in [0, 0.1) is 11.2 Å². The lowest BCUT2D eigenvalue weighted by atomic mass is 9.85. The number of fused-ring (bicyclic) bond motifs is 1. The number of halogens is 1. The van der Waals surface area contributed by atoms with Gasteiger partial charge in [-0.05, 0) is 106 Å². The number of rotatable bonds is 8. The van der Waals surface area contributed by atoms with E-state index in [1.54, 1.807) is 12.1 Å². The van der Waals surface area contributed by atoms with Crippen molar-refractivity contribution in [1.29, 1.82) is 0 Å². The van der Waals surface area contributed by atoms with E-state index in [-0.39, 0.29) is 52.8 Å². The number of carbonyl (C=O) groups is 3. The minimum atomic E-state index is -0.510. The summed E-state index contributed by atoms with van der Waals surface area (Å²) in [4.78, 5) is 49.2. The first-order valence-electron chi connectivity index (χ1n) is 18.3. The standard InChI is InChI=1S/C39H54FN5O3S/c1-26(2)42-19-13-28(14-20-42)35-30(10-8-11-31(35)40)37-45(24-18-39(3,4)5)36(47)33(49-37)25-34(46)43-21-16-29(17-22-43)44-23-15-27-9-6-7-12-32(27)41-38(44)48/h6-12,26,28-29,33,37H,13-25H2,1-5H3,(H,41,48)/t33-,37-/m0/s1. The molecule has 1 N–H and O–H groups in total. The van der Waals surface area contributed by atoms with E-state index >= 15 is 4.39 Å². The van der Waals surface area contributed by atoms with Crippen LogP contribution in [0.3, 0.4) is 0 Å². The van der Waals surface area contributed by atoms with Gasteiger partial charge in [0.15, 0.2) is 0 Å². The van der Waals surface area contributed by atoms with E-state index < -0.39 is 5.25 Å². The normalized spacial score (nSPS) is 23.2. The second kappa shape index (κ2) is 15.0. The Morgan fingerprint density at radius 3 is 2.37 bits per heavy atom. The summed E-state index contributed by atoms with van der Waals surface area (Å²) in [6, 6.07) is 13.7. The number of anilines is 1. The smallest absolute Gasteiger partial charge is 0.322 e. The van der Waals surface area contributed by atoms with Crippen molar-refractivity contribution in [3.05, 3.63) is 65.0 Å². The van der Waals surface area contributed by atoms with Crippen LogP contribution in [-0.4, -0.2) is 94.0 Å². The molecule has 0 bridgehead atoms. The second-order valence-corrected chi connectivity index (χ2v) is 17.1. The van der Waals surface area contributed by atoms with Crippen LogP contribution in [-0.2, 0) is 16.0 Å². The van der Waals surface area contributed by atoms with E-state index in [9.17, 15) is 14.4 Å². The molecule has 4 aliphatic rings. The highest BCUT2D eigenvalue weighted by Gasteiger charge is 2.44. The molecule has 2 aromatic carbocycles. The lowest BCUT2D eigenvalue weighted by Gasteiger charge is -2.38. The van der Waals surface area contributed by atoms with Crippen molar-refractivity contribution in [3.8, 4) is 0 Å². The number of amides is 4. The van der Waals surface area contributed by atoms with Crippen LogP contribution in [0.25, 0.3) is 0 Å². The fraction of sp³-hybridized carbons (Fsp3) is 0.615. The predicted octanol–water partition coefficient (Wildman–Crippen LogP) is 7.26. The van der Waals surface area contributed by atoms with E-state index in [1.807, 2.05) is 39.0 Å². The molecule has 0 radical (unpaired) electrons. The highest BCUT2D eigenvalue weighted by atomic mass is 32.2. The first-order valence-corrected chi connectivity index (χ1v) is 19.3. The van der Waals surface area contributed by atoms with Gasteiger partial charge in [0.2, 0.25) is 11.8 Å². The van der Waals surface area contributed by atoms with Gasteiger partial charge in [0.1, 0.15) is 11.2 Å². The van der Waals surface area contributed by atoms with Crippen molar-refractivity contribution in [2.75, 3.05) is 44.6 Å². The summed E-state index contributed by atoms with van der Waals surface area (Å²) in [5.41, 5.74) is 3.69. The minimum absolute atomic E-state index is 0.0195. The number of thioether (sulfide) groups is 1. The SMILES string of the molecule is CC(C)N1CCC(c2c(F)cccc2[C@@H]2S[C@@H](CC(=O)N3CCC(N4CCc5ccccc5NC4=O)CC3)C(=O)N2CCC(C)(C)C)CC1. The maximum Gasteiger partial charge on any atom is 0.322 e. The van der Waals surface area contributed by atoms with Crippen molar-refractivity contribution >= 4 is 35.3 Å². The monoisotopic (exact) mass is 691 g/mol. The second-order valence-electron chi connectivity index (χ2n) is 15.8. The molecule has 6 rings (SSSR count). The Morgan fingerprint density at radius 2 is 1.67 bits per heavy atom. The third kappa shape index (κ3) is 8.11. The van der Waals surface area contributed by atoms with Gasteiger partial charge >= 0.3 is 6.03 Å². The molecule has 3 saturated heterocycles. The van der Waals surface area contributed by atoms with Crippen LogP contribution in [0.1, 0.15) is 101 Å². The van der Waals surface area contributed by atoms with Gasteiger partial charge in [-0.3, -0.25) is 9.59 Å². The number of piperidine rings is 2. The minimum Gasteiger partial charge on any atom is -0.342 e. The van der Waals surface area contributed by atoms with E-state index in [0.29, 0.717) is 45.1 Å². The molecule has 0 aromatic heterocycles. The summed E-state index contributed by atoms with van der Waals surface area (Å²) in [7, 11) is 0. The average molecular weight is 692 g/mol. The van der Waals surface area contributed by atoms with Gasteiger partial charge < -0.3 is 24.9 Å². The number of benzene rings is 2. The van der Waals surface area contributed by atoms with Crippen LogP contribution in [0.5, 0.6) is 0 Å². The van der Waals surface area contributed by atoms with Gasteiger partial charge in [0.05, 0.1) is 5.25 Å². The van der Waals surface area contributed by atoms with Crippen LogP contribution < -0.4 is 5.32 Å². The molecule has 8 nitrogen and oxygen atoms in total. The summed E-state index contributed by atoms with van der Waals surface area (Å²) < 4.78 is 15.8. The topological polar surface area (TPSA) is 76.2 Å². The molecule has 4 amide bonds. The number of para-hydroxylation sites is 1. The molecule has 0 saturated carbocycles. The van der Waals surface area contributed by atoms with Crippen LogP contribution in [0.2, 0.25) is 0 Å². The number of hydrogen-bond acceptors (Lipinski definition) is 5. The maximum absolute atomic E-state index is 15.8. The van der Waals surface area contributed by atoms with Crippen LogP contribution >= 0.6 is 11.8 Å². The van der Waals surface area contributed by atoms with E-state index in [2.05, 4.69) is 50.9 Å². The molecule has 0 unspecified atom stereocenters. The molecular formula is C39H54FN5O3S. The van der Waals surface area contributed by atoms with Gasteiger partial charge in [0, 0.05) is 50.4 Å². The van der Waals surface area contributed by atoms with Gasteiger partial charge in [-0.2, -0.15) is 0 Å². The third-order valence-corrected chi connectivity index (χ3v) is 12.5. The number of urea groups is 1. The average Bonchev–Trinajstić information content (AvgIpc) is 3.27. The molecule has 4 heterocycles. The zero-order valence-electron chi connectivity index (χ0n) is 29.9. The molecule has 4 aliphatic heterocycles. The molecule has 0 aliphatic carbocycles. The Balaban J connectivity index is 1.13. The van der Waals surface area contributed by atoms with Gasteiger partial charge in [-0.25, -0.2) is 9.18 Å². The molecule has 3 fully saturated rings. The van der Waals surface area contributed by atoms with E-state index in [0.717, 1.165) is 61.2 Å². The van der Waals surface area contributed by atoms with Crippen LogP contribution in [0.4, 0.5) is 14.9 Å². The first-order chi connectivity index (χ1) is 23.4. The Kier molecular flexibility index (Phi) is 10.9. The fourth-order valence-corrected chi connectivity index (χ4v) is 9.51. The number of hydrogen-bond donors (Lipinski definition) is 1. The summed E-state index contributed by atoms with van der Waals surface area (Å²) >= 11 is 1.53. The van der Waals surface area contributed by atoms with E-state index in [1.165, 1.54) is 11.8 Å². The quantitative estimate of drug-likeness (QED) is 0.316. The summed E-state index contributed by atoms with van der Waals surface area (Å²) in [6.07, 6.45) is 4.96.